The van der Waals surface area contributed by atoms with E-state index in [0.717, 1.165) is 5.56 Å². The number of sulfonamides is 1. The summed E-state index contributed by atoms with van der Waals surface area (Å²) >= 11 is 1.20. The lowest BCUT2D eigenvalue weighted by atomic mass is 10.2. The normalized spacial score (nSPS) is 11.5. The van der Waals surface area contributed by atoms with Gasteiger partial charge in [0.2, 0.25) is 10.0 Å². The zero-order valence-corrected chi connectivity index (χ0v) is 12.9. The summed E-state index contributed by atoms with van der Waals surface area (Å²) < 4.78 is 26.5. The molecule has 0 aliphatic heterocycles. The summed E-state index contributed by atoms with van der Waals surface area (Å²) in [6.07, 6.45) is 0.350. The number of aromatic carboxylic acids is 1. The first-order valence-electron chi connectivity index (χ1n) is 6.12. The van der Waals surface area contributed by atoms with Gasteiger partial charge in [0, 0.05) is 18.3 Å². The van der Waals surface area contributed by atoms with Crippen LogP contribution in [0.5, 0.6) is 0 Å². The van der Waals surface area contributed by atoms with Gasteiger partial charge >= 0.3 is 5.97 Å². The molecule has 1 aromatic carbocycles. The highest BCUT2D eigenvalue weighted by atomic mass is 32.2. The molecule has 0 saturated carbocycles. The summed E-state index contributed by atoms with van der Waals surface area (Å²) in [6, 6.07) is 6.55. The highest BCUT2D eigenvalue weighted by Gasteiger charge is 2.14. The zero-order chi connectivity index (χ0) is 15.5. The molecular formula is C13H14N2O4S2. The Kier molecular flexibility index (Phi) is 4.71. The monoisotopic (exact) mass is 326 g/mol. The van der Waals surface area contributed by atoms with Gasteiger partial charge in [-0.2, -0.15) is 0 Å². The zero-order valence-electron chi connectivity index (χ0n) is 11.2. The first-order chi connectivity index (χ1) is 9.88. The van der Waals surface area contributed by atoms with Crippen LogP contribution in [-0.4, -0.2) is 31.0 Å². The van der Waals surface area contributed by atoms with E-state index in [1.54, 1.807) is 24.3 Å². The number of aromatic nitrogens is 1. The van der Waals surface area contributed by atoms with Gasteiger partial charge in [0.05, 0.1) is 9.90 Å². The molecule has 0 aliphatic carbocycles. The van der Waals surface area contributed by atoms with Crippen LogP contribution in [-0.2, 0) is 16.4 Å². The Bertz CT molecular complexity index is 736. The molecule has 0 spiro atoms. The van der Waals surface area contributed by atoms with Crippen LogP contribution in [0.1, 0.15) is 21.1 Å². The molecule has 0 atom stereocenters. The van der Waals surface area contributed by atoms with E-state index in [0.29, 0.717) is 11.4 Å². The third kappa shape index (κ3) is 4.10. The van der Waals surface area contributed by atoms with E-state index in [-0.39, 0.29) is 17.1 Å². The molecule has 2 aromatic rings. The highest BCUT2D eigenvalue weighted by Crippen LogP contribution is 2.12. The smallest absolute Gasteiger partial charge is 0.355 e. The lowest BCUT2D eigenvalue weighted by Gasteiger charge is -2.06. The minimum Gasteiger partial charge on any atom is -0.476 e. The first-order valence-corrected chi connectivity index (χ1v) is 8.49. The summed E-state index contributed by atoms with van der Waals surface area (Å²) in [5.74, 6) is -1.09. The van der Waals surface area contributed by atoms with E-state index in [1.165, 1.54) is 16.7 Å². The van der Waals surface area contributed by atoms with Crippen molar-refractivity contribution in [2.24, 2.45) is 0 Å². The highest BCUT2D eigenvalue weighted by molar-refractivity contribution is 7.89. The number of nitrogens with one attached hydrogen (secondary N) is 1. The standard InChI is InChI=1S/C13H14N2O4S2/c1-9-2-4-10(5-3-9)21(18,19)14-7-6-12-15-11(8-20-12)13(16)17/h2-5,8,14H,6-7H2,1H3,(H,16,17). The molecule has 0 unspecified atom stereocenters. The van der Waals surface area contributed by atoms with Gasteiger partial charge in [-0.15, -0.1) is 11.3 Å². The van der Waals surface area contributed by atoms with Gasteiger partial charge in [0.25, 0.3) is 0 Å². The van der Waals surface area contributed by atoms with Crippen LogP contribution in [0.15, 0.2) is 34.5 Å². The molecule has 1 aromatic heterocycles. The van der Waals surface area contributed by atoms with Crippen molar-refractivity contribution in [1.82, 2.24) is 9.71 Å². The van der Waals surface area contributed by atoms with Gasteiger partial charge in [0.1, 0.15) is 0 Å². The maximum atomic E-state index is 12.0. The van der Waals surface area contributed by atoms with Gasteiger partial charge in [-0.1, -0.05) is 17.7 Å². The van der Waals surface area contributed by atoms with E-state index in [4.69, 9.17) is 5.11 Å². The molecule has 0 radical (unpaired) electrons. The number of hydrogen-bond donors (Lipinski definition) is 2. The average molecular weight is 326 g/mol. The topological polar surface area (TPSA) is 96.4 Å². The molecule has 2 rings (SSSR count). The number of rotatable bonds is 6. The van der Waals surface area contributed by atoms with E-state index in [9.17, 15) is 13.2 Å². The van der Waals surface area contributed by atoms with Crippen LogP contribution >= 0.6 is 11.3 Å². The van der Waals surface area contributed by atoms with Gasteiger partial charge in [0.15, 0.2) is 5.69 Å². The number of nitrogens with zero attached hydrogens (tertiary/aromatic N) is 1. The molecular weight excluding hydrogens is 312 g/mol. The van der Waals surface area contributed by atoms with E-state index < -0.39 is 16.0 Å². The summed E-state index contributed by atoms with van der Waals surface area (Å²) in [6.45, 7) is 2.05. The maximum Gasteiger partial charge on any atom is 0.355 e. The Labute approximate surface area is 126 Å². The molecule has 0 saturated heterocycles. The maximum absolute atomic E-state index is 12.0. The molecule has 0 aliphatic rings. The van der Waals surface area contributed by atoms with Crippen molar-refractivity contribution in [1.29, 1.82) is 0 Å². The summed E-state index contributed by atoms with van der Waals surface area (Å²) in [4.78, 5) is 14.8. The SMILES string of the molecule is Cc1ccc(S(=O)(=O)NCCc2nc(C(=O)O)cs2)cc1. The largest absolute Gasteiger partial charge is 0.476 e. The van der Waals surface area contributed by atoms with E-state index >= 15 is 0 Å². The Morgan fingerprint density at radius 3 is 2.57 bits per heavy atom. The number of carboxylic acids is 1. The van der Waals surface area contributed by atoms with E-state index in [1.807, 2.05) is 6.92 Å². The molecule has 21 heavy (non-hydrogen) atoms. The molecule has 2 N–H and O–H groups in total. The number of thiazole rings is 1. The third-order valence-electron chi connectivity index (χ3n) is 2.73. The Balaban J connectivity index is 1.95. The number of benzene rings is 1. The van der Waals surface area contributed by atoms with Crippen molar-refractivity contribution in [3.05, 3.63) is 45.9 Å². The lowest BCUT2D eigenvalue weighted by Crippen LogP contribution is -2.26. The van der Waals surface area contributed by atoms with Crippen molar-refractivity contribution in [2.75, 3.05) is 6.54 Å². The molecule has 0 bridgehead atoms. The Morgan fingerprint density at radius 1 is 1.33 bits per heavy atom. The second kappa shape index (κ2) is 6.33. The van der Waals surface area contributed by atoms with Crippen LogP contribution in [0.4, 0.5) is 0 Å². The van der Waals surface area contributed by atoms with Crippen LogP contribution in [0.2, 0.25) is 0 Å². The van der Waals surface area contributed by atoms with E-state index in [2.05, 4.69) is 9.71 Å². The predicted octanol–water partition coefficient (Wildman–Crippen LogP) is 1.67. The molecule has 0 fully saturated rings. The fraction of sp³-hybridized carbons (Fsp3) is 0.231. The van der Waals surface area contributed by atoms with Crippen LogP contribution < -0.4 is 4.72 Å². The minimum absolute atomic E-state index is 0.0172. The van der Waals surface area contributed by atoms with Crippen molar-refractivity contribution < 1.29 is 18.3 Å². The summed E-state index contributed by atoms with van der Waals surface area (Å²) in [5, 5.41) is 10.8. The van der Waals surface area contributed by atoms with Gasteiger partial charge in [-0.3, -0.25) is 0 Å². The Hall–Kier alpha value is -1.77. The second-order valence-corrected chi connectivity index (χ2v) is 7.10. The Morgan fingerprint density at radius 2 is 2.00 bits per heavy atom. The number of carbonyl (C=O) groups is 1. The number of hydrogen-bond acceptors (Lipinski definition) is 5. The van der Waals surface area contributed by atoms with Crippen molar-refractivity contribution in [3.63, 3.8) is 0 Å². The lowest BCUT2D eigenvalue weighted by molar-refractivity contribution is 0.0691. The van der Waals surface area contributed by atoms with Crippen molar-refractivity contribution >= 4 is 27.3 Å². The molecule has 6 nitrogen and oxygen atoms in total. The molecule has 0 amide bonds. The van der Waals surface area contributed by atoms with Gasteiger partial charge in [-0.25, -0.2) is 22.9 Å². The molecule has 8 heteroatoms. The summed E-state index contributed by atoms with van der Waals surface area (Å²) in [7, 11) is -3.55. The number of carboxylic acid groups (broad SMARTS) is 1. The van der Waals surface area contributed by atoms with Crippen LogP contribution in [0.25, 0.3) is 0 Å². The average Bonchev–Trinajstić information content (AvgIpc) is 2.88. The third-order valence-corrected chi connectivity index (χ3v) is 5.12. The second-order valence-electron chi connectivity index (χ2n) is 4.39. The number of aryl methyl sites for hydroxylation is 1. The summed E-state index contributed by atoms with van der Waals surface area (Å²) in [5.41, 5.74) is 0.967. The quantitative estimate of drug-likeness (QED) is 0.842. The fourth-order valence-electron chi connectivity index (χ4n) is 1.62. The molecule has 112 valence electrons. The van der Waals surface area contributed by atoms with Crippen molar-refractivity contribution in [3.8, 4) is 0 Å². The minimum atomic E-state index is -3.55. The van der Waals surface area contributed by atoms with Gasteiger partial charge < -0.3 is 5.11 Å². The van der Waals surface area contributed by atoms with Crippen LogP contribution in [0.3, 0.4) is 0 Å². The molecule has 1 heterocycles. The van der Waals surface area contributed by atoms with Crippen molar-refractivity contribution in [2.45, 2.75) is 18.2 Å². The predicted molar refractivity (Wildman–Crippen MR) is 79.1 cm³/mol. The van der Waals surface area contributed by atoms with Gasteiger partial charge in [-0.05, 0) is 19.1 Å². The van der Waals surface area contributed by atoms with Crippen LogP contribution in [0, 0.1) is 6.92 Å². The first kappa shape index (κ1) is 15.6. The fourth-order valence-corrected chi connectivity index (χ4v) is 3.42.